The van der Waals surface area contributed by atoms with Crippen molar-refractivity contribution in [3.63, 3.8) is 0 Å². The summed E-state index contributed by atoms with van der Waals surface area (Å²) in [5.41, 5.74) is 5.82. The number of hydrogen-bond donors (Lipinski definition) is 2. The number of nitrogens with one attached hydrogen (secondary N) is 1. The molecular weight excluding hydrogens is 252 g/mol. The maximum atomic E-state index is 5.89. The summed E-state index contributed by atoms with van der Waals surface area (Å²) in [4.78, 5) is 8.82. The number of rotatable bonds is 6. The van der Waals surface area contributed by atoms with Crippen molar-refractivity contribution in [3.8, 4) is 0 Å². The molecule has 1 heterocycles. The van der Waals surface area contributed by atoms with E-state index in [2.05, 4.69) is 15.3 Å². The highest BCUT2D eigenvalue weighted by Crippen LogP contribution is 2.38. The lowest BCUT2D eigenvalue weighted by Gasteiger charge is -2.22. The molecule has 0 bridgehead atoms. The van der Waals surface area contributed by atoms with Crippen LogP contribution in [0.15, 0.2) is 6.07 Å². The molecule has 0 spiro atoms. The zero-order valence-corrected chi connectivity index (χ0v) is 12.0. The maximum absolute atomic E-state index is 5.89. The van der Waals surface area contributed by atoms with E-state index in [1.807, 2.05) is 0 Å². The Hall–Kier alpha value is -1.36. The molecule has 3 N–H and O–H groups in total. The lowest BCUT2D eigenvalue weighted by molar-refractivity contribution is 0.0347. The predicted octanol–water partition coefficient (Wildman–Crippen LogP) is 2.70. The van der Waals surface area contributed by atoms with Crippen molar-refractivity contribution in [1.29, 1.82) is 0 Å². The first-order chi connectivity index (χ1) is 9.81. The number of aromatic nitrogens is 2. The highest BCUT2D eigenvalue weighted by atomic mass is 16.5. The van der Waals surface area contributed by atoms with Gasteiger partial charge < -0.3 is 15.8 Å². The molecule has 2 fully saturated rings. The number of nitrogen functional groups attached to an aromatic ring is 1. The number of ether oxygens (including phenoxy) is 1. The second-order valence-corrected chi connectivity index (χ2v) is 5.87. The summed E-state index contributed by atoms with van der Waals surface area (Å²) in [5.74, 6) is 2.79. The monoisotopic (exact) mass is 276 g/mol. The van der Waals surface area contributed by atoms with Gasteiger partial charge in [-0.05, 0) is 25.7 Å². The molecule has 20 heavy (non-hydrogen) atoms. The van der Waals surface area contributed by atoms with Crippen LogP contribution in [0.3, 0.4) is 0 Å². The van der Waals surface area contributed by atoms with E-state index in [4.69, 9.17) is 10.5 Å². The normalized spacial score (nSPS) is 20.0. The second kappa shape index (κ2) is 6.39. The fourth-order valence-electron chi connectivity index (χ4n) is 2.74. The van der Waals surface area contributed by atoms with Gasteiger partial charge in [-0.2, -0.15) is 0 Å². The van der Waals surface area contributed by atoms with Crippen molar-refractivity contribution in [2.24, 2.45) is 0 Å². The summed E-state index contributed by atoms with van der Waals surface area (Å²) >= 11 is 0. The second-order valence-electron chi connectivity index (χ2n) is 5.87. The van der Waals surface area contributed by atoms with Crippen LogP contribution in [0.25, 0.3) is 0 Å². The van der Waals surface area contributed by atoms with Crippen LogP contribution in [-0.4, -0.2) is 29.2 Å². The first-order valence-corrected chi connectivity index (χ1v) is 7.81. The van der Waals surface area contributed by atoms with Crippen LogP contribution >= 0.6 is 0 Å². The third-order valence-electron chi connectivity index (χ3n) is 4.02. The molecule has 0 radical (unpaired) electrons. The Bertz CT molecular complexity index is 441. The Kier molecular flexibility index (Phi) is 4.35. The van der Waals surface area contributed by atoms with Crippen LogP contribution in [0.4, 0.5) is 11.6 Å². The van der Waals surface area contributed by atoms with Gasteiger partial charge in [0.05, 0.1) is 12.7 Å². The van der Waals surface area contributed by atoms with Crippen LogP contribution in [0.1, 0.15) is 56.7 Å². The molecule has 5 nitrogen and oxygen atoms in total. The summed E-state index contributed by atoms with van der Waals surface area (Å²) < 4.78 is 5.89. The molecule has 0 atom stereocenters. The van der Waals surface area contributed by atoms with Gasteiger partial charge >= 0.3 is 0 Å². The van der Waals surface area contributed by atoms with Gasteiger partial charge in [-0.25, -0.2) is 9.97 Å². The molecule has 2 aliphatic carbocycles. The van der Waals surface area contributed by atoms with Crippen molar-refractivity contribution in [2.75, 3.05) is 24.2 Å². The average Bonchev–Trinajstić information content (AvgIpc) is 3.29. The molecule has 3 rings (SSSR count). The molecule has 0 aliphatic heterocycles. The smallest absolute Gasteiger partial charge is 0.136 e. The largest absolute Gasteiger partial charge is 0.384 e. The van der Waals surface area contributed by atoms with E-state index < -0.39 is 0 Å². The van der Waals surface area contributed by atoms with E-state index in [1.165, 1.54) is 44.9 Å². The molecule has 0 unspecified atom stereocenters. The van der Waals surface area contributed by atoms with Gasteiger partial charge in [-0.15, -0.1) is 0 Å². The van der Waals surface area contributed by atoms with Gasteiger partial charge in [-0.1, -0.05) is 19.3 Å². The van der Waals surface area contributed by atoms with Gasteiger partial charge in [0.15, 0.2) is 0 Å². The lowest BCUT2D eigenvalue weighted by atomic mass is 9.98. The number of hydrogen-bond acceptors (Lipinski definition) is 5. The Labute approximate surface area is 120 Å². The fraction of sp³-hybridized carbons (Fsp3) is 0.733. The standard InChI is InChI=1S/C15H24N4O/c16-13-10-14(19-15(18-13)11-6-7-11)17-8-9-20-12-4-2-1-3-5-12/h10-12H,1-9H2,(H3,16,17,18,19). The van der Waals surface area contributed by atoms with E-state index in [1.54, 1.807) is 6.07 Å². The van der Waals surface area contributed by atoms with Gasteiger partial charge in [0.1, 0.15) is 17.5 Å². The Morgan fingerprint density at radius 1 is 1.15 bits per heavy atom. The number of nitrogens with two attached hydrogens (primary N) is 1. The van der Waals surface area contributed by atoms with E-state index in [9.17, 15) is 0 Å². The zero-order valence-electron chi connectivity index (χ0n) is 12.0. The first kappa shape index (κ1) is 13.6. The molecule has 0 aromatic carbocycles. The Morgan fingerprint density at radius 2 is 1.95 bits per heavy atom. The van der Waals surface area contributed by atoms with Crippen LogP contribution in [0.2, 0.25) is 0 Å². The van der Waals surface area contributed by atoms with Gasteiger partial charge in [0.25, 0.3) is 0 Å². The van der Waals surface area contributed by atoms with E-state index >= 15 is 0 Å². The maximum Gasteiger partial charge on any atom is 0.136 e. The quantitative estimate of drug-likeness (QED) is 0.781. The third-order valence-corrected chi connectivity index (χ3v) is 4.02. The van der Waals surface area contributed by atoms with Crippen LogP contribution < -0.4 is 11.1 Å². The van der Waals surface area contributed by atoms with Crippen molar-refractivity contribution < 1.29 is 4.74 Å². The topological polar surface area (TPSA) is 73.1 Å². The summed E-state index contributed by atoms with van der Waals surface area (Å²) in [7, 11) is 0. The van der Waals surface area contributed by atoms with E-state index in [0.717, 1.165) is 24.8 Å². The third kappa shape index (κ3) is 3.82. The van der Waals surface area contributed by atoms with E-state index in [-0.39, 0.29) is 0 Å². The molecule has 0 saturated heterocycles. The molecule has 1 aromatic heterocycles. The Morgan fingerprint density at radius 3 is 2.70 bits per heavy atom. The molecule has 1 aromatic rings. The number of nitrogens with zero attached hydrogens (tertiary/aromatic N) is 2. The summed E-state index contributed by atoms with van der Waals surface area (Å²) in [6.07, 6.45) is 9.25. The van der Waals surface area contributed by atoms with Crippen molar-refractivity contribution in [2.45, 2.75) is 57.0 Å². The molecule has 5 heteroatoms. The fourth-order valence-corrected chi connectivity index (χ4v) is 2.74. The van der Waals surface area contributed by atoms with Gasteiger partial charge in [0, 0.05) is 18.5 Å². The highest BCUT2D eigenvalue weighted by Gasteiger charge is 2.27. The minimum absolute atomic E-state index is 0.461. The van der Waals surface area contributed by atoms with Crippen molar-refractivity contribution in [3.05, 3.63) is 11.9 Å². The molecule has 2 saturated carbocycles. The van der Waals surface area contributed by atoms with E-state index in [0.29, 0.717) is 17.8 Å². The molecule has 2 aliphatic rings. The summed E-state index contributed by atoms with van der Waals surface area (Å²) in [5, 5.41) is 3.29. The number of anilines is 2. The molecule has 110 valence electrons. The summed E-state index contributed by atoms with van der Waals surface area (Å²) in [6.45, 7) is 1.50. The highest BCUT2D eigenvalue weighted by molar-refractivity contribution is 5.45. The first-order valence-electron chi connectivity index (χ1n) is 7.81. The van der Waals surface area contributed by atoms with Gasteiger partial charge in [0.2, 0.25) is 0 Å². The minimum atomic E-state index is 0.461. The lowest BCUT2D eigenvalue weighted by Crippen LogP contribution is -2.21. The summed E-state index contributed by atoms with van der Waals surface area (Å²) in [6, 6.07) is 1.80. The zero-order chi connectivity index (χ0) is 13.8. The van der Waals surface area contributed by atoms with Crippen LogP contribution in [0, 0.1) is 0 Å². The van der Waals surface area contributed by atoms with Crippen molar-refractivity contribution >= 4 is 11.6 Å². The van der Waals surface area contributed by atoms with Crippen LogP contribution in [-0.2, 0) is 4.74 Å². The average molecular weight is 276 g/mol. The van der Waals surface area contributed by atoms with Crippen LogP contribution in [0.5, 0.6) is 0 Å². The minimum Gasteiger partial charge on any atom is -0.384 e. The van der Waals surface area contributed by atoms with Gasteiger partial charge in [-0.3, -0.25) is 0 Å². The predicted molar refractivity (Wildman–Crippen MR) is 79.7 cm³/mol. The Balaban J connectivity index is 1.43. The molecular formula is C15H24N4O. The van der Waals surface area contributed by atoms with Crippen molar-refractivity contribution in [1.82, 2.24) is 9.97 Å². The SMILES string of the molecule is Nc1cc(NCCOC2CCCCC2)nc(C2CC2)n1. The molecule has 0 amide bonds.